The Morgan fingerprint density at radius 3 is 1.18 bits per heavy atom. The maximum atomic E-state index is 11.7. The summed E-state index contributed by atoms with van der Waals surface area (Å²) in [5, 5.41) is 0. The first-order valence-electron chi connectivity index (χ1n) is 16.6. The van der Waals surface area contributed by atoms with Crippen LogP contribution in [0.15, 0.2) is 58.7 Å². The second-order valence-corrected chi connectivity index (χ2v) is 11.3. The number of likely N-dealkylation sites (tertiary alicyclic amines) is 1. The molecule has 0 radical (unpaired) electrons. The van der Waals surface area contributed by atoms with Crippen LogP contribution < -0.4 is 0 Å². The molecule has 0 saturated carbocycles. The molecule has 6 nitrogen and oxygen atoms in total. The predicted octanol–water partition coefficient (Wildman–Crippen LogP) is 9.78. The van der Waals surface area contributed by atoms with Crippen LogP contribution in [0.2, 0.25) is 0 Å². The summed E-state index contributed by atoms with van der Waals surface area (Å²) in [7, 11) is 3.01. The van der Waals surface area contributed by atoms with E-state index in [0.717, 1.165) is 11.3 Å². The van der Waals surface area contributed by atoms with E-state index in [-0.39, 0.29) is 35.5 Å². The van der Waals surface area contributed by atoms with Crippen LogP contribution in [-0.2, 0) is 19.2 Å². The molecule has 2 aliphatic rings. The Bertz CT molecular complexity index is 948. The largest absolute Gasteiger partial charge is 0.285 e. The zero-order chi connectivity index (χ0) is 34.8. The molecule has 4 amide bonds. The van der Waals surface area contributed by atoms with Crippen molar-refractivity contribution in [3.05, 3.63) is 58.7 Å². The molecule has 2 atom stereocenters. The van der Waals surface area contributed by atoms with Gasteiger partial charge in [-0.2, -0.15) is 0 Å². The summed E-state index contributed by atoms with van der Waals surface area (Å²) in [5.41, 5.74) is 5.78. The van der Waals surface area contributed by atoms with Gasteiger partial charge >= 0.3 is 0 Å². The molecule has 0 spiro atoms. The maximum absolute atomic E-state index is 11.7. The number of rotatable bonds is 9. The fraction of sp³-hybridized carbons (Fsp3) is 0.632. The first-order chi connectivity index (χ1) is 20.6. The van der Waals surface area contributed by atoms with E-state index >= 15 is 0 Å². The molecule has 0 aromatic carbocycles. The summed E-state index contributed by atoms with van der Waals surface area (Å²) in [5.74, 6) is -0.563. The Morgan fingerprint density at radius 1 is 0.659 bits per heavy atom. The van der Waals surface area contributed by atoms with Crippen LogP contribution in [0.4, 0.5) is 0 Å². The summed E-state index contributed by atoms with van der Waals surface area (Å²) >= 11 is 0. The highest BCUT2D eigenvalue weighted by Gasteiger charge is 2.38. The van der Waals surface area contributed by atoms with E-state index in [9.17, 15) is 19.2 Å². The first-order valence-corrected chi connectivity index (χ1v) is 16.6. The topological polar surface area (TPSA) is 74.8 Å². The minimum Gasteiger partial charge on any atom is -0.285 e. The summed E-state index contributed by atoms with van der Waals surface area (Å²) in [6, 6.07) is 0. The molecule has 1 fully saturated rings. The third kappa shape index (κ3) is 21.6. The number of nitrogens with zero attached hydrogens (tertiary/aromatic N) is 2. The number of imide groups is 2. The standard InChI is InChI=1S/C12H19NO2.3C7H14.C5H5NO2/c1-5-8(2)6-9(3)10-7-11(14)13(4)12(10)15;3*1-4-6-7(3)5-2;1-6-4(7)2-3-5(6)8/h6,9-10H,5,7H2,1-4H3;3*6H,4-5H2,1-3H3;2-3H,1H3/b8-6-;3*7-6-;. The highest BCUT2D eigenvalue weighted by atomic mass is 16.2. The molecule has 0 bridgehead atoms. The Hall–Kier alpha value is -3.02. The van der Waals surface area contributed by atoms with Gasteiger partial charge in [0.05, 0.1) is 5.92 Å². The van der Waals surface area contributed by atoms with Gasteiger partial charge in [-0.05, 0) is 78.6 Å². The van der Waals surface area contributed by atoms with Gasteiger partial charge in [-0.3, -0.25) is 29.0 Å². The van der Waals surface area contributed by atoms with Gasteiger partial charge in [-0.25, -0.2) is 0 Å². The molecule has 44 heavy (non-hydrogen) atoms. The van der Waals surface area contributed by atoms with Crippen LogP contribution in [0.5, 0.6) is 0 Å². The maximum Gasteiger partial charge on any atom is 0.253 e. The number of amides is 4. The molecule has 0 aliphatic carbocycles. The van der Waals surface area contributed by atoms with Gasteiger partial charge in [0, 0.05) is 32.7 Å². The molecule has 0 aromatic heterocycles. The lowest BCUT2D eigenvalue weighted by atomic mass is 9.90. The van der Waals surface area contributed by atoms with E-state index in [1.807, 2.05) is 6.92 Å². The van der Waals surface area contributed by atoms with Crippen molar-refractivity contribution in [1.82, 2.24) is 9.80 Å². The Balaban J connectivity index is -0.000000503. The Labute approximate surface area is 271 Å². The van der Waals surface area contributed by atoms with Crippen molar-refractivity contribution in [2.24, 2.45) is 11.8 Å². The van der Waals surface area contributed by atoms with Crippen molar-refractivity contribution < 1.29 is 19.2 Å². The lowest BCUT2D eigenvalue weighted by molar-refractivity contribution is -0.138. The summed E-state index contributed by atoms with van der Waals surface area (Å²) < 4.78 is 0. The van der Waals surface area contributed by atoms with Gasteiger partial charge in [0.1, 0.15) is 0 Å². The predicted molar refractivity (Wildman–Crippen MR) is 189 cm³/mol. The molecule has 0 aromatic rings. The molecule has 2 aliphatic heterocycles. The van der Waals surface area contributed by atoms with Crippen molar-refractivity contribution in [3.8, 4) is 0 Å². The highest BCUT2D eigenvalue weighted by molar-refractivity contribution is 6.12. The molecular weight excluding hydrogens is 548 g/mol. The van der Waals surface area contributed by atoms with E-state index in [4.69, 9.17) is 0 Å². The van der Waals surface area contributed by atoms with E-state index in [1.165, 1.54) is 84.9 Å². The smallest absolute Gasteiger partial charge is 0.253 e. The molecule has 6 heteroatoms. The zero-order valence-corrected chi connectivity index (χ0v) is 30.8. The summed E-state index contributed by atoms with van der Waals surface area (Å²) in [4.78, 5) is 46.1. The van der Waals surface area contributed by atoms with Crippen molar-refractivity contribution in [2.45, 2.75) is 134 Å². The van der Waals surface area contributed by atoms with Crippen molar-refractivity contribution in [1.29, 1.82) is 0 Å². The second kappa shape index (κ2) is 27.5. The molecule has 2 unspecified atom stereocenters. The lowest BCUT2D eigenvalue weighted by Gasteiger charge is -2.14. The van der Waals surface area contributed by atoms with E-state index < -0.39 is 0 Å². The minimum atomic E-state index is -0.241. The van der Waals surface area contributed by atoms with E-state index in [1.54, 1.807) is 7.05 Å². The minimum absolute atomic E-state index is 0.0346. The lowest BCUT2D eigenvalue weighted by Crippen LogP contribution is -2.27. The third-order valence-corrected chi connectivity index (χ3v) is 7.52. The first kappa shape index (κ1) is 45.4. The van der Waals surface area contributed by atoms with Gasteiger partial charge in [0.25, 0.3) is 11.8 Å². The number of allylic oxidation sites excluding steroid dienone is 8. The summed E-state index contributed by atoms with van der Waals surface area (Å²) in [6.45, 7) is 25.7. The summed E-state index contributed by atoms with van der Waals surface area (Å²) in [6.07, 6.45) is 19.9. The van der Waals surface area contributed by atoms with Crippen LogP contribution in [0.25, 0.3) is 0 Å². The third-order valence-electron chi connectivity index (χ3n) is 7.52. The second-order valence-electron chi connectivity index (χ2n) is 11.3. The fourth-order valence-corrected chi connectivity index (χ4v) is 3.83. The molecule has 1 saturated heterocycles. The number of carbonyl (C=O) groups is 4. The SMILES string of the molecule is CC/C(C)=C\C(C)C1CC(=O)N(C)C1=O.CC/C=C(/C)CC.CC/C=C(/C)CC.CC/C=C(/C)CC.CN1C(=O)C=CC1=O. The van der Waals surface area contributed by atoms with Gasteiger partial charge in [-0.15, -0.1) is 0 Å². The van der Waals surface area contributed by atoms with Crippen molar-refractivity contribution in [2.75, 3.05) is 14.1 Å². The number of hydrogen-bond acceptors (Lipinski definition) is 4. The molecule has 252 valence electrons. The molecule has 2 heterocycles. The fourth-order valence-electron chi connectivity index (χ4n) is 3.83. The molecule has 0 N–H and O–H groups in total. The Morgan fingerprint density at radius 2 is 1.00 bits per heavy atom. The highest BCUT2D eigenvalue weighted by Crippen LogP contribution is 2.27. The Kier molecular flexibility index (Phi) is 28.4. The van der Waals surface area contributed by atoms with Crippen LogP contribution in [0.3, 0.4) is 0 Å². The van der Waals surface area contributed by atoms with Gasteiger partial charge < -0.3 is 0 Å². The monoisotopic (exact) mass is 615 g/mol. The molecular formula is C38H66N2O4. The van der Waals surface area contributed by atoms with Gasteiger partial charge in [-0.1, -0.05) is 102 Å². The number of carbonyl (C=O) groups excluding carboxylic acids is 4. The van der Waals surface area contributed by atoms with Crippen LogP contribution in [-0.4, -0.2) is 47.5 Å². The van der Waals surface area contributed by atoms with Crippen LogP contribution >= 0.6 is 0 Å². The van der Waals surface area contributed by atoms with Crippen molar-refractivity contribution in [3.63, 3.8) is 0 Å². The van der Waals surface area contributed by atoms with E-state index in [2.05, 4.69) is 100 Å². The van der Waals surface area contributed by atoms with Crippen LogP contribution in [0, 0.1) is 11.8 Å². The van der Waals surface area contributed by atoms with Gasteiger partial charge in [0.15, 0.2) is 0 Å². The van der Waals surface area contributed by atoms with Crippen molar-refractivity contribution >= 4 is 23.6 Å². The number of likely N-dealkylation sites (N-methyl/N-ethyl adjacent to an activating group) is 1. The average Bonchev–Trinajstić information content (AvgIpc) is 3.44. The van der Waals surface area contributed by atoms with Crippen LogP contribution in [0.1, 0.15) is 134 Å². The average molecular weight is 615 g/mol. The van der Waals surface area contributed by atoms with E-state index in [0.29, 0.717) is 6.42 Å². The quantitative estimate of drug-likeness (QED) is 0.191. The number of hydrogen-bond donors (Lipinski definition) is 0. The zero-order valence-electron chi connectivity index (χ0n) is 30.8. The van der Waals surface area contributed by atoms with Gasteiger partial charge in [0.2, 0.25) is 11.8 Å². The normalized spacial score (nSPS) is 17.6. The molecule has 2 rings (SSSR count).